The zero-order valence-corrected chi connectivity index (χ0v) is 17.4. The molecule has 8 heteroatoms. The van der Waals surface area contributed by atoms with Gasteiger partial charge in [-0.15, -0.1) is 0 Å². The van der Waals surface area contributed by atoms with E-state index < -0.39 is 0 Å². The molecule has 0 spiro atoms. The lowest BCUT2D eigenvalue weighted by Crippen LogP contribution is -2.44. The summed E-state index contributed by atoms with van der Waals surface area (Å²) in [6.07, 6.45) is 3.06. The average molecular weight is 383 g/mol. The molecule has 2 rings (SSSR count). The van der Waals surface area contributed by atoms with E-state index in [1.54, 1.807) is 4.90 Å². The van der Waals surface area contributed by atoms with Crippen molar-refractivity contribution in [2.45, 2.75) is 32.2 Å². The maximum absolute atomic E-state index is 12.3. The highest BCUT2D eigenvalue weighted by atomic mass is 16.5. The fourth-order valence-electron chi connectivity index (χ4n) is 3.64. The lowest BCUT2D eigenvalue weighted by molar-refractivity contribution is -0.133. The van der Waals surface area contributed by atoms with Gasteiger partial charge in [-0.3, -0.25) is 19.6 Å². The highest BCUT2D eigenvalue weighted by Gasteiger charge is 2.30. The van der Waals surface area contributed by atoms with Gasteiger partial charge in [0.2, 0.25) is 5.91 Å². The first-order valence-electron chi connectivity index (χ1n) is 10.4. The van der Waals surface area contributed by atoms with E-state index in [1.807, 2.05) is 14.1 Å². The maximum atomic E-state index is 12.3. The van der Waals surface area contributed by atoms with Gasteiger partial charge >= 0.3 is 0 Å². The number of likely N-dealkylation sites (N-methyl/N-ethyl adjacent to an activating group) is 1. The van der Waals surface area contributed by atoms with Gasteiger partial charge in [-0.25, -0.2) is 0 Å². The third-order valence-electron chi connectivity index (χ3n) is 5.13. The van der Waals surface area contributed by atoms with Crippen LogP contribution in [-0.4, -0.2) is 112 Å². The molecule has 1 atom stereocenters. The molecule has 2 aliphatic rings. The van der Waals surface area contributed by atoms with Crippen molar-refractivity contribution < 1.29 is 9.53 Å². The van der Waals surface area contributed by atoms with Crippen molar-refractivity contribution in [2.75, 3.05) is 79.7 Å². The minimum atomic E-state index is 0.0591. The summed E-state index contributed by atoms with van der Waals surface area (Å²) in [7, 11) is 3.68. The molecule has 0 radical (unpaired) electrons. The molecule has 1 amide bonds. The Balaban J connectivity index is 1.68. The van der Waals surface area contributed by atoms with Gasteiger partial charge in [0, 0.05) is 59.9 Å². The lowest BCUT2D eigenvalue weighted by atomic mass is 10.2. The van der Waals surface area contributed by atoms with Crippen LogP contribution < -0.4 is 10.6 Å². The number of carbonyl (C=O) groups is 1. The number of rotatable bonds is 9. The Morgan fingerprint density at radius 2 is 1.96 bits per heavy atom. The van der Waals surface area contributed by atoms with E-state index in [2.05, 4.69) is 27.4 Å². The number of amides is 1. The smallest absolute Gasteiger partial charge is 0.239 e. The fraction of sp³-hybridized carbons (Fsp3) is 0.895. The van der Waals surface area contributed by atoms with Crippen molar-refractivity contribution in [1.29, 1.82) is 0 Å². The summed E-state index contributed by atoms with van der Waals surface area (Å²) in [6.45, 7) is 11.3. The molecule has 2 fully saturated rings. The number of aliphatic imine (C=N–C) groups is 1. The van der Waals surface area contributed by atoms with Crippen molar-refractivity contribution >= 4 is 11.9 Å². The first-order chi connectivity index (χ1) is 13.1. The summed E-state index contributed by atoms with van der Waals surface area (Å²) >= 11 is 0. The molecule has 2 heterocycles. The normalized spacial score (nSPS) is 22.0. The summed E-state index contributed by atoms with van der Waals surface area (Å²) in [5, 5.41) is 6.73. The molecule has 0 bridgehead atoms. The van der Waals surface area contributed by atoms with Crippen LogP contribution in [0, 0.1) is 0 Å². The summed E-state index contributed by atoms with van der Waals surface area (Å²) in [5.41, 5.74) is 0. The number of carbonyl (C=O) groups excluding carboxylic acids is 1. The van der Waals surface area contributed by atoms with Gasteiger partial charge in [-0.1, -0.05) is 0 Å². The first kappa shape index (κ1) is 21.9. The third-order valence-corrected chi connectivity index (χ3v) is 5.13. The fourth-order valence-corrected chi connectivity index (χ4v) is 3.64. The number of morpholine rings is 1. The Labute approximate surface area is 164 Å². The minimum absolute atomic E-state index is 0.0591. The van der Waals surface area contributed by atoms with Crippen molar-refractivity contribution in [3.05, 3.63) is 0 Å². The Hall–Kier alpha value is -1.38. The van der Waals surface area contributed by atoms with Crippen LogP contribution in [0.15, 0.2) is 4.99 Å². The van der Waals surface area contributed by atoms with E-state index in [9.17, 15) is 4.79 Å². The monoisotopic (exact) mass is 382 g/mol. The molecular formula is C19H38N6O2. The molecule has 2 aliphatic heterocycles. The van der Waals surface area contributed by atoms with Crippen molar-refractivity contribution in [2.24, 2.45) is 4.99 Å². The Morgan fingerprint density at radius 1 is 1.19 bits per heavy atom. The average Bonchev–Trinajstić information content (AvgIpc) is 3.13. The molecule has 0 aliphatic carbocycles. The number of hydrogen-bond acceptors (Lipinski definition) is 5. The van der Waals surface area contributed by atoms with E-state index in [1.165, 1.54) is 0 Å². The second kappa shape index (κ2) is 12.2. The van der Waals surface area contributed by atoms with Crippen LogP contribution in [-0.2, 0) is 9.53 Å². The van der Waals surface area contributed by atoms with Crippen molar-refractivity contribution in [3.63, 3.8) is 0 Å². The third kappa shape index (κ3) is 7.63. The van der Waals surface area contributed by atoms with Crippen LogP contribution in [0.5, 0.6) is 0 Å². The lowest BCUT2D eigenvalue weighted by Gasteiger charge is -2.27. The second-order valence-electron chi connectivity index (χ2n) is 7.42. The SMILES string of the molecule is CCNC(=NCCCN1CCCC1C(=O)N(C)C)NCCN1CCOCC1. The zero-order valence-electron chi connectivity index (χ0n) is 17.4. The molecule has 2 N–H and O–H groups in total. The predicted octanol–water partition coefficient (Wildman–Crippen LogP) is -0.184. The highest BCUT2D eigenvalue weighted by molar-refractivity contribution is 5.81. The summed E-state index contributed by atoms with van der Waals surface area (Å²) in [6, 6.07) is 0.0591. The molecule has 0 aromatic heterocycles. The van der Waals surface area contributed by atoms with E-state index >= 15 is 0 Å². The van der Waals surface area contributed by atoms with Crippen LogP contribution in [0.2, 0.25) is 0 Å². The van der Waals surface area contributed by atoms with Crippen LogP contribution in [0.25, 0.3) is 0 Å². The van der Waals surface area contributed by atoms with Crippen LogP contribution in [0.3, 0.4) is 0 Å². The molecule has 0 saturated carbocycles. The van der Waals surface area contributed by atoms with Gasteiger partial charge in [0.05, 0.1) is 19.3 Å². The van der Waals surface area contributed by atoms with E-state index in [-0.39, 0.29) is 11.9 Å². The molecule has 156 valence electrons. The van der Waals surface area contributed by atoms with Gasteiger partial charge in [-0.2, -0.15) is 0 Å². The van der Waals surface area contributed by atoms with Crippen molar-refractivity contribution in [1.82, 2.24) is 25.3 Å². The van der Waals surface area contributed by atoms with Crippen LogP contribution in [0.1, 0.15) is 26.2 Å². The van der Waals surface area contributed by atoms with Gasteiger partial charge in [0.25, 0.3) is 0 Å². The number of nitrogens with zero attached hydrogens (tertiary/aromatic N) is 4. The number of likely N-dealkylation sites (tertiary alicyclic amines) is 1. The molecule has 0 aromatic carbocycles. The summed E-state index contributed by atoms with van der Waals surface area (Å²) in [4.78, 5) is 23.4. The molecule has 0 aromatic rings. The molecule has 1 unspecified atom stereocenters. The second-order valence-corrected chi connectivity index (χ2v) is 7.42. The number of nitrogens with one attached hydrogen (secondary N) is 2. The van der Waals surface area contributed by atoms with E-state index in [0.717, 1.165) is 90.8 Å². The quantitative estimate of drug-likeness (QED) is 0.327. The number of guanidine groups is 1. The largest absolute Gasteiger partial charge is 0.379 e. The van der Waals surface area contributed by atoms with Gasteiger partial charge in [-0.05, 0) is 32.7 Å². The maximum Gasteiger partial charge on any atom is 0.239 e. The predicted molar refractivity (Wildman–Crippen MR) is 109 cm³/mol. The molecule has 8 nitrogen and oxygen atoms in total. The molecular weight excluding hydrogens is 344 g/mol. The Kier molecular flexibility index (Phi) is 9.86. The van der Waals surface area contributed by atoms with E-state index in [4.69, 9.17) is 9.73 Å². The van der Waals surface area contributed by atoms with Gasteiger partial charge in [0.1, 0.15) is 0 Å². The standard InChI is InChI=1S/C19H38N6O2/c1-4-20-19(22-9-12-24-13-15-27-16-14-24)21-8-6-11-25-10-5-7-17(25)18(26)23(2)3/h17H,4-16H2,1-3H3,(H2,20,21,22). The Bertz CT molecular complexity index is 465. The highest BCUT2D eigenvalue weighted by Crippen LogP contribution is 2.18. The summed E-state index contributed by atoms with van der Waals surface area (Å²) in [5.74, 6) is 1.11. The Morgan fingerprint density at radius 3 is 2.67 bits per heavy atom. The van der Waals surface area contributed by atoms with Gasteiger partial charge in [0.15, 0.2) is 5.96 Å². The van der Waals surface area contributed by atoms with Crippen molar-refractivity contribution in [3.8, 4) is 0 Å². The molecule has 27 heavy (non-hydrogen) atoms. The summed E-state index contributed by atoms with van der Waals surface area (Å²) < 4.78 is 5.38. The zero-order chi connectivity index (χ0) is 19.5. The first-order valence-corrected chi connectivity index (χ1v) is 10.4. The van der Waals surface area contributed by atoms with Gasteiger partial charge < -0.3 is 20.3 Å². The number of hydrogen-bond donors (Lipinski definition) is 2. The van der Waals surface area contributed by atoms with Crippen LogP contribution in [0.4, 0.5) is 0 Å². The number of ether oxygens (including phenoxy) is 1. The molecule has 2 saturated heterocycles. The minimum Gasteiger partial charge on any atom is -0.379 e. The topological polar surface area (TPSA) is 72.4 Å². The van der Waals surface area contributed by atoms with Crippen LogP contribution >= 0.6 is 0 Å². The van der Waals surface area contributed by atoms with E-state index in [0.29, 0.717) is 0 Å².